The highest BCUT2D eigenvalue weighted by Gasteiger charge is 2.46. The maximum atomic E-state index is 6.57. The smallest absolute Gasteiger partial charge is 0.163 e. The van der Waals surface area contributed by atoms with Gasteiger partial charge < -0.3 is 8.83 Å². The Morgan fingerprint density at radius 3 is 1.91 bits per heavy atom. The lowest BCUT2D eigenvalue weighted by atomic mass is 9.65. The van der Waals surface area contributed by atoms with Gasteiger partial charge in [-0.25, -0.2) is 15.0 Å². The van der Waals surface area contributed by atoms with Crippen LogP contribution in [-0.4, -0.2) is 15.0 Å². The number of furan rings is 2. The van der Waals surface area contributed by atoms with Crippen molar-refractivity contribution in [2.75, 3.05) is 0 Å². The first-order valence-corrected chi connectivity index (χ1v) is 18.6. The molecular weight excluding hydrogens is 675 g/mol. The number of para-hydroxylation sites is 2. The molecule has 0 N–H and O–H groups in total. The fourth-order valence-corrected chi connectivity index (χ4v) is 8.52. The Morgan fingerprint density at radius 1 is 0.473 bits per heavy atom. The highest BCUT2D eigenvalue weighted by molar-refractivity contribution is 6.05. The Labute approximate surface area is 317 Å². The summed E-state index contributed by atoms with van der Waals surface area (Å²) in [5.74, 6) is 2.58. The van der Waals surface area contributed by atoms with Gasteiger partial charge in [-0.3, -0.25) is 0 Å². The van der Waals surface area contributed by atoms with Gasteiger partial charge in [0.2, 0.25) is 0 Å². The summed E-state index contributed by atoms with van der Waals surface area (Å²) >= 11 is 0. The minimum absolute atomic E-state index is 0.153. The van der Waals surface area contributed by atoms with Gasteiger partial charge in [0.15, 0.2) is 11.6 Å². The number of nitrogens with zero attached hydrogens (tertiary/aromatic N) is 3. The molecule has 7 aromatic carbocycles. The Bertz CT molecular complexity index is 3120. The quantitative estimate of drug-likeness (QED) is 0.178. The normalized spacial score (nSPS) is 16.6. The van der Waals surface area contributed by atoms with Crippen molar-refractivity contribution in [3.8, 4) is 33.9 Å². The summed E-state index contributed by atoms with van der Waals surface area (Å²) in [6, 6.07) is 56.8. The van der Waals surface area contributed by atoms with E-state index in [-0.39, 0.29) is 5.92 Å². The summed E-state index contributed by atoms with van der Waals surface area (Å²) in [6.45, 7) is 2.27. The second-order valence-electron chi connectivity index (χ2n) is 14.5. The zero-order chi connectivity index (χ0) is 36.5. The van der Waals surface area contributed by atoms with Crippen molar-refractivity contribution in [1.29, 1.82) is 0 Å². The molecule has 55 heavy (non-hydrogen) atoms. The molecule has 5 nitrogen and oxygen atoms in total. The van der Waals surface area contributed by atoms with Gasteiger partial charge in [0.25, 0.3) is 0 Å². The summed E-state index contributed by atoms with van der Waals surface area (Å²) < 4.78 is 12.8. The highest BCUT2D eigenvalue weighted by atomic mass is 16.3. The van der Waals surface area contributed by atoms with Gasteiger partial charge in [0, 0.05) is 38.8 Å². The number of allylic oxidation sites excluding steroid dienone is 1. The maximum absolute atomic E-state index is 6.57. The van der Waals surface area contributed by atoms with Gasteiger partial charge in [-0.2, -0.15) is 0 Å². The number of hydrogen-bond acceptors (Lipinski definition) is 5. The average Bonchev–Trinajstić information content (AvgIpc) is 3.83. The fraction of sp³-hybridized carbons (Fsp3) is 0.0600. The van der Waals surface area contributed by atoms with E-state index >= 15 is 0 Å². The van der Waals surface area contributed by atoms with Crippen LogP contribution in [-0.2, 0) is 5.41 Å². The number of hydrogen-bond donors (Lipinski definition) is 0. The first-order valence-electron chi connectivity index (χ1n) is 18.6. The van der Waals surface area contributed by atoms with Crippen molar-refractivity contribution in [3.63, 3.8) is 0 Å². The Hall–Kier alpha value is -7.11. The third kappa shape index (κ3) is 5.04. The molecule has 0 saturated carbocycles. The van der Waals surface area contributed by atoms with Crippen LogP contribution < -0.4 is 0 Å². The Balaban J connectivity index is 1.16. The van der Waals surface area contributed by atoms with Crippen LogP contribution in [0.3, 0.4) is 0 Å². The lowest BCUT2D eigenvalue weighted by molar-refractivity contribution is 0.460. The van der Waals surface area contributed by atoms with E-state index in [9.17, 15) is 0 Å². The fourth-order valence-electron chi connectivity index (χ4n) is 8.52. The monoisotopic (exact) mass is 707 g/mol. The van der Waals surface area contributed by atoms with Crippen LogP contribution in [0.4, 0.5) is 0 Å². The highest BCUT2D eigenvalue weighted by Crippen LogP contribution is 2.52. The van der Waals surface area contributed by atoms with Gasteiger partial charge in [-0.15, -0.1) is 0 Å². The molecule has 0 radical (unpaired) electrons. The van der Waals surface area contributed by atoms with Crippen molar-refractivity contribution >= 4 is 49.8 Å². The number of rotatable bonds is 5. The van der Waals surface area contributed by atoms with Crippen LogP contribution in [0.2, 0.25) is 0 Å². The van der Waals surface area contributed by atoms with Crippen molar-refractivity contribution < 1.29 is 8.83 Å². The second kappa shape index (κ2) is 12.2. The van der Waals surface area contributed by atoms with Crippen molar-refractivity contribution in [2.45, 2.75) is 18.3 Å². The molecule has 0 bridgehead atoms. The van der Waals surface area contributed by atoms with Gasteiger partial charge in [-0.05, 0) is 70.8 Å². The van der Waals surface area contributed by atoms with Crippen molar-refractivity contribution in [3.05, 3.63) is 193 Å². The van der Waals surface area contributed by atoms with E-state index in [1.165, 1.54) is 5.39 Å². The van der Waals surface area contributed by atoms with E-state index in [1.807, 2.05) is 30.3 Å². The molecule has 11 rings (SSSR count). The standard InChI is InChI=1S/C50H33N3O2/c1-50(41(26-28-45-46(50)39-16-8-10-18-43(39)55-45)36-25-27-44-40(30-36)38-15-7-9-17-42(38)54-44)49-52-47(34-22-19-33(20-23-34)31-11-3-2-4-12-31)51-48(53-49)37-24-21-32-13-5-6-14-35(32)29-37/h2-30,41H,1H3. The summed E-state index contributed by atoms with van der Waals surface area (Å²) in [4.78, 5) is 16.1. The number of benzene rings is 7. The van der Waals surface area contributed by atoms with Crippen LogP contribution in [0.1, 0.15) is 35.6 Å². The molecule has 0 saturated heterocycles. The first kappa shape index (κ1) is 31.4. The van der Waals surface area contributed by atoms with Gasteiger partial charge >= 0.3 is 0 Å². The Morgan fingerprint density at radius 2 is 1.09 bits per heavy atom. The van der Waals surface area contributed by atoms with E-state index < -0.39 is 5.41 Å². The molecule has 5 heteroatoms. The zero-order valence-electron chi connectivity index (χ0n) is 30.0. The lowest BCUT2D eigenvalue weighted by Crippen LogP contribution is -2.35. The SMILES string of the molecule is CC1(c2nc(-c3ccc(-c4ccccc4)cc3)nc(-c3ccc4ccccc4c3)n2)c2c(oc3ccccc23)C=CC1c1ccc2oc3ccccc3c2c1. The van der Waals surface area contributed by atoms with Crippen LogP contribution >= 0.6 is 0 Å². The molecule has 3 heterocycles. The Kier molecular flexibility index (Phi) is 6.98. The molecule has 2 atom stereocenters. The van der Waals surface area contributed by atoms with E-state index in [0.29, 0.717) is 17.5 Å². The van der Waals surface area contributed by atoms with E-state index in [1.54, 1.807) is 0 Å². The van der Waals surface area contributed by atoms with Gasteiger partial charge in [0.05, 0.1) is 5.41 Å². The van der Waals surface area contributed by atoms with Gasteiger partial charge in [0.1, 0.15) is 28.3 Å². The van der Waals surface area contributed by atoms with Crippen molar-refractivity contribution in [2.24, 2.45) is 0 Å². The van der Waals surface area contributed by atoms with Gasteiger partial charge in [-0.1, -0.05) is 140 Å². The summed E-state index contributed by atoms with van der Waals surface area (Å²) in [5, 5.41) is 5.52. The predicted molar refractivity (Wildman–Crippen MR) is 222 cm³/mol. The molecular formula is C50H33N3O2. The molecule has 0 amide bonds. The van der Waals surface area contributed by atoms with E-state index in [4.69, 9.17) is 23.8 Å². The van der Waals surface area contributed by atoms with E-state index in [2.05, 4.69) is 153 Å². The molecule has 3 aromatic heterocycles. The molecule has 0 fully saturated rings. The largest absolute Gasteiger partial charge is 0.456 e. The number of fused-ring (bicyclic) bond motifs is 7. The van der Waals surface area contributed by atoms with Crippen molar-refractivity contribution in [1.82, 2.24) is 15.0 Å². The summed E-state index contributed by atoms with van der Waals surface area (Å²) in [6.07, 6.45) is 4.37. The summed E-state index contributed by atoms with van der Waals surface area (Å²) in [7, 11) is 0. The minimum Gasteiger partial charge on any atom is -0.456 e. The minimum atomic E-state index is -0.767. The third-order valence-electron chi connectivity index (χ3n) is 11.3. The first-order chi connectivity index (χ1) is 27.1. The number of aromatic nitrogens is 3. The summed E-state index contributed by atoms with van der Waals surface area (Å²) in [5.41, 5.74) is 8.14. The molecule has 260 valence electrons. The molecule has 0 spiro atoms. The van der Waals surface area contributed by atoms with Crippen LogP contribution in [0.25, 0.3) is 83.7 Å². The average molecular weight is 708 g/mol. The predicted octanol–water partition coefficient (Wildman–Crippen LogP) is 12.8. The molecule has 2 unspecified atom stereocenters. The lowest BCUT2D eigenvalue weighted by Gasteiger charge is -2.38. The third-order valence-corrected chi connectivity index (χ3v) is 11.3. The van der Waals surface area contributed by atoms with Crippen LogP contribution in [0.15, 0.2) is 179 Å². The topological polar surface area (TPSA) is 65.0 Å². The van der Waals surface area contributed by atoms with Crippen LogP contribution in [0.5, 0.6) is 0 Å². The second-order valence-corrected chi connectivity index (χ2v) is 14.5. The molecule has 10 aromatic rings. The maximum Gasteiger partial charge on any atom is 0.163 e. The molecule has 1 aliphatic carbocycles. The molecule has 1 aliphatic rings. The van der Waals surface area contributed by atoms with Crippen LogP contribution in [0, 0.1) is 0 Å². The van der Waals surface area contributed by atoms with E-state index in [0.717, 1.165) is 77.4 Å². The zero-order valence-corrected chi connectivity index (χ0v) is 30.0. The molecule has 0 aliphatic heterocycles.